The number of benzene rings is 1. The first kappa shape index (κ1) is 14.7. The number of carbonyl (C=O) groups excluding carboxylic acids is 1. The summed E-state index contributed by atoms with van der Waals surface area (Å²) in [5.41, 5.74) is 2.29. The SMILES string of the molecule is CCCc1ccc(C(C(=O)OCC)N(C)C)cc1. The maximum absolute atomic E-state index is 11.9. The summed E-state index contributed by atoms with van der Waals surface area (Å²) in [5.74, 6) is -0.189. The first-order valence-electron chi connectivity index (χ1n) is 6.52. The van der Waals surface area contributed by atoms with E-state index < -0.39 is 0 Å². The molecule has 0 radical (unpaired) electrons. The van der Waals surface area contributed by atoms with Crippen molar-refractivity contribution in [1.82, 2.24) is 4.90 Å². The molecular weight excluding hydrogens is 226 g/mol. The second kappa shape index (κ2) is 7.17. The first-order chi connectivity index (χ1) is 8.60. The predicted octanol–water partition coefficient (Wildman–Crippen LogP) is 2.80. The third-order valence-electron chi connectivity index (χ3n) is 2.86. The number of nitrogens with zero attached hydrogens (tertiary/aromatic N) is 1. The van der Waals surface area contributed by atoms with Crippen LogP contribution in [-0.2, 0) is 16.0 Å². The topological polar surface area (TPSA) is 29.5 Å². The van der Waals surface area contributed by atoms with Gasteiger partial charge in [0.2, 0.25) is 0 Å². The summed E-state index contributed by atoms with van der Waals surface area (Å²) in [6.45, 7) is 4.40. The van der Waals surface area contributed by atoms with Gasteiger partial charge in [0.1, 0.15) is 6.04 Å². The van der Waals surface area contributed by atoms with E-state index in [0.29, 0.717) is 6.61 Å². The average Bonchev–Trinajstić information content (AvgIpc) is 2.32. The molecule has 1 aromatic rings. The van der Waals surface area contributed by atoms with Crippen molar-refractivity contribution in [3.8, 4) is 0 Å². The molecule has 3 nitrogen and oxygen atoms in total. The van der Waals surface area contributed by atoms with Crippen molar-refractivity contribution < 1.29 is 9.53 Å². The smallest absolute Gasteiger partial charge is 0.327 e. The Morgan fingerprint density at radius 3 is 2.28 bits per heavy atom. The van der Waals surface area contributed by atoms with E-state index in [9.17, 15) is 4.79 Å². The molecule has 1 unspecified atom stereocenters. The molecule has 0 spiro atoms. The lowest BCUT2D eigenvalue weighted by molar-refractivity contribution is -0.148. The molecule has 1 atom stereocenters. The van der Waals surface area contributed by atoms with Gasteiger partial charge in [-0.05, 0) is 38.6 Å². The van der Waals surface area contributed by atoms with Gasteiger partial charge in [-0.2, -0.15) is 0 Å². The van der Waals surface area contributed by atoms with E-state index in [2.05, 4.69) is 19.1 Å². The number of likely N-dealkylation sites (N-methyl/N-ethyl adjacent to an activating group) is 1. The van der Waals surface area contributed by atoms with Crippen LogP contribution in [0.3, 0.4) is 0 Å². The molecule has 0 N–H and O–H groups in total. The van der Waals surface area contributed by atoms with Gasteiger partial charge in [-0.3, -0.25) is 4.90 Å². The molecule has 0 aliphatic carbocycles. The van der Waals surface area contributed by atoms with Gasteiger partial charge in [0.25, 0.3) is 0 Å². The van der Waals surface area contributed by atoms with Crippen LogP contribution in [0.2, 0.25) is 0 Å². The van der Waals surface area contributed by atoms with Crippen molar-refractivity contribution in [2.24, 2.45) is 0 Å². The molecule has 3 heteroatoms. The van der Waals surface area contributed by atoms with Crippen LogP contribution in [0, 0.1) is 0 Å². The van der Waals surface area contributed by atoms with E-state index in [4.69, 9.17) is 4.74 Å². The molecule has 0 aromatic heterocycles. The number of ether oxygens (including phenoxy) is 1. The fraction of sp³-hybridized carbons (Fsp3) is 0.533. The second-order valence-corrected chi connectivity index (χ2v) is 4.61. The van der Waals surface area contributed by atoms with Crippen LogP contribution in [0.5, 0.6) is 0 Å². The molecule has 0 amide bonds. The maximum atomic E-state index is 11.9. The Hall–Kier alpha value is -1.35. The molecule has 0 aliphatic heterocycles. The monoisotopic (exact) mass is 249 g/mol. The number of carbonyl (C=O) groups is 1. The lowest BCUT2D eigenvalue weighted by Gasteiger charge is -2.22. The minimum atomic E-state index is -0.319. The van der Waals surface area contributed by atoms with Crippen molar-refractivity contribution in [2.75, 3.05) is 20.7 Å². The summed E-state index contributed by atoms with van der Waals surface area (Å²) in [5, 5.41) is 0. The van der Waals surface area contributed by atoms with Crippen molar-refractivity contribution in [2.45, 2.75) is 32.7 Å². The summed E-state index contributed by atoms with van der Waals surface area (Å²) >= 11 is 0. The number of hydrogen-bond acceptors (Lipinski definition) is 3. The Labute approximate surface area is 110 Å². The number of hydrogen-bond donors (Lipinski definition) is 0. The molecule has 18 heavy (non-hydrogen) atoms. The normalized spacial score (nSPS) is 12.5. The molecule has 1 rings (SSSR count). The molecule has 100 valence electrons. The first-order valence-corrected chi connectivity index (χ1v) is 6.52. The van der Waals surface area contributed by atoms with Crippen molar-refractivity contribution in [3.63, 3.8) is 0 Å². The lowest BCUT2D eigenvalue weighted by Crippen LogP contribution is -2.29. The summed E-state index contributed by atoms with van der Waals surface area (Å²) in [4.78, 5) is 13.8. The van der Waals surface area contributed by atoms with Gasteiger partial charge in [-0.1, -0.05) is 37.6 Å². The van der Waals surface area contributed by atoms with E-state index in [1.807, 2.05) is 38.1 Å². The quantitative estimate of drug-likeness (QED) is 0.726. The highest BCUT2D eigenvalue weighted by atomic mass is 16.5. The van der Waals surface area contributed by atoms with Crippen LogP contribution >= 0.6 is 0 Å². The lowest BCUT2D eigenvalue weighted by atomic mass is 10.0. The minimum absolute atomic E-state index is 0.189. The highest BCUT2D eigenvalue weighted by molar-refractivity contribution is 5.77. The average molecular weight is 249 g/mol. The summed E-state index contributed by atoms with van der Waals surface area (Å²) < 4.78 is 5.12. The van der Waals surface area contributed by atoms with Crippen LogP contribution in [0.1, 0.15) is 37.4 Å². The summed E-state index contributed by atoms with van der Waals surface area (Å²) in [6.07, 6.45) is 2.21. The zero-order valence-electron chi connectivity index (χ0n) is 11.8. The van der Waals surface area contributed by atoms with Gasteiger partial charge in [-0.15, -0.1) is 0 Å². The molecule has 0 bridgehead atoms. The Morgan fingerprint density at radius 1 is 1.22 bits per heavy atom. The largest absolute Gasteiger partial charge is 0.465 e. The van der Waals surface area contributed by atoms with Gasteiger partial charge in [0.15, 0.2) is 0 Å². The van der Waals surface area contributed by atoms with Gasteiger partial charge in [-0.25, -0.2) is 4.79 Å². The van der Waals surface area contributed by atoms with E-state index in [-0.39, 0.29) is 12.0 Å². The van der Waals surface area contributed by atoms with Crippen molar-refractivity contribution >= 4 is 5.97 Å². The van der Waals surface area contributed by atoms with Gasteiger partial charge in [0.05, 0.1) is 6.61 Å². The molecule has 0 aliphatic rings. The Morgan fingerprint density at radius 2 is 1.83 bits per heavy atom. The molecule has 0 saturated carbocycles. The highest BCUT2D eigenvalue weighted by Crippen LogP contribution is 2.20. The molecule has 0 saturated heterocycles. The molecule has 0 heterocycles. The van der Waals surface area contributed by atoms with Crippen LogP contribution in [0.4, 0.5) is 0 Å². The van der Waals surface area contributed by atoms with Crippen LogP contribution in [-0.4, -0.2) is 31.6 Å². The summed E-state index contributed by atoms with van der Waals surface area (Å²) in [7, 11) is 3.78. The highest BCUT2D eigenvalue weighted by Gasteiger charge is 2.23. The van der Waals surface area contributed by atoms with Crippen molar-refractivity contribution in [1.29, 1.82) is 0 Å². The minimum Gasteiger partial charge on any atom is -0.465 e. The zero-order chi connectivity index (χ0) is 13.5. The molecule has 1 aromatic carbocycles. The van der Waals surface area contributed by atoms with Gasteiger partial charge in [0, 0.05) is 0 Å². The Bertz CT molecular complexity index is 371. The van der Waals surface area contributed by atoms with Crippen LogP contribution < -0.4 is 0 Å². The zero-order valence-corrected chi connectivity index (χ0v) is 11.8. The fourth-order valence-electron chi connectivity index (χ4n) is 2.02. The number of rotatable bonds is 6. The van der Waals surface area contributed by atoms with E-state index in [1.54, 1.807) is 0 Å². The van der Waals surface area contributed by atoms with E-state index in [0.717, 1.165) is 18.4 Å². The van der Waals surface area contributed by atoms with Gasteiger partial charge < -0.3 is 4.74 Å². The van der Waals surface area contributed by atoms with Crippen LogP contribution in [0.25, 0.3) is 0 Å². The Kier molecular flexibility index (Phi) is 5.86. The standard InChI is InChI=1S/C15H23NO2/c1-5-7-12-8-10-13(11-9-12)14(16(3)4)15(17)18-6-2/h8-11,14H,5-7H2,1-4H3. The number of aryl methyl sites for hydroxylation is 1. The fourth-order valence-corrected chi connectivity index (χ4v) is 2.02. The van der Waals surface area contributed by atoms with Crippen LogP contribution in [0.15, 0.2) is 24.3 Å². The van der Waals surface area contributed by atoms with E-state index >= 15 is 0 Å². The number of esters is 1. The van der Waals surface area contributed by atoms with E-state index in [1.165, 1.54) is 5.56 Å². The van der Waals surface area contributed by atoms with Gasteiger partial charge >= 0.3 is 5.97 Å². The third kappa shape index (κ3) is 3.84. The summed E-state index contributed by atoms with van der Waals surface area (Å²) in [6, 6.07) is 7.91. The van der Waals surface area contributed by atoms with Crippen molar-refractivity contribution in [3.05, 3.63) is 35.4 Å². The third-order valence-corrected chi connectivity index (χ3v) is 2.86. The molecular formula is C15H23NO2. The Balaban J connectivity index is 2.89. The molecule has 0 fully saturated rings. The maximum Gasteiger partial charge on any atom is 0.327 e. The second-order valence-electron chi connectivity index (χ2n) is 4.61. The predicted molar refractivity (Wildman–Crippen MR) is 73.5 cm³/mol.